The summed E-state index contributed by atoms with van der Waals surface area (Å²) in [5.74, 6) is -0.0676. The Bertz CT molecular complexity index is 978. The topological polar surface area (TPSA) is 113 Å². The fourth-order valence-corrected chi connectivity index (χ4v) is 4.60. The number of nitrogens with one attached hydrogen (secondary N) is 2. The number of fused-ring (bicyclic) bond motifs is 1. The second-order valence-electron chi connectivity index (χ2n) is 8.88. The van der Waals surface area contributed by atoms with Crippen molar-refractivity contribution >= 4 is 29.2 Å². The van der Waals surface area contributed by atoms with E-state index < -0.39 is 6.10 Å². The Hall–Kier alpha value is -2.72. The molecule has 9 nitrogen and oxygen atoms in total. The summed E-state index contributed by atoms with van der Waals surface area (Å²) in [6.07, 6.45) is 4.28. The molecule has 0 bridgehead atoms. The van der Waals surface area contributed by atoms with Crippen LogP contribution >= 0.6 is 11.6 Å². The highest BCUT2D eigenvalue weighted by Crippen LogP contribution is 2.28. The van der Waals surface area contributed by atoms with Gasteiger partial charge in [-0.2, -0.15) is 0 Å². The van der Waals surface area contributed by atoms with E-state index in [2.05, 4.69) is 15.6 Å². The highest BCUT2D eigenvalue weighted by molar-refractivity contribution is 6.30. The molecule has 35 heavy (non-hydrogen) atoms. The quantitative estimate of drug-likeness (QED) is 0.559. The summed E-state index contributed by atoms with van der Waals surface area (Å²) in [7, 11) is 0. The number of aliphatic hydroxyl groups is 1. The number of nitrogens with zero attached hydrogens (tertiary/aromatic N) is 2. The van der Waals surface area contributed by atoms with Crippen molar-refractivity contribution in [2.75, 3.05) is 31.6 Å². The zero-order chi connectivity index (χ0) is 24.6. The fourth-order valence-electron chi connectivity index (χ4n) is 4.48. The average molecular weight is 503 g/mol. The fraction of sp³-hybridized carbons (Fsp3) is 0.480. The van der Waals surface area contributed by atoms with Crippen molar-refractivity contribution in [2.45, 2.75) is 50.0 Å². The standard InChI is InChI=1S/C25H31ClN4O5/c26-18-1-3-19(4-2-18)29-25(33)30-14-20(31)15-34-16-23-22(30)6-5-21(35-23)13-24(32)28-12-9-17-7-10-27-11-8-17/h1-4,7-8,10-11,20-23,31H,5-6,9,12-16H2,(H,28,32)(H,29,33)/t20-,21+,22+,23-/m1/s1. The highest BCUT2D eigenvalue weighted by Gasteiger charge is 2.40. The van der Waals surface area contributed by atoms with Crippen molar-refractivity contribution < 1.29 is 24.2 Å². The Morgan fingerprint density at radius 2 is 1.89 bits per heavy atom. The minimum atomic E-state index is -0.796. The molecule has 0 spiro atoms. The molecule has 1 aromatic carbocycles. The van der Waals surface area contributed by atoms with Gasteiger partial charge in [0.2, 0.25) is 5.91 Å². The second kappa shape index (κ2) is 12.3. The van der Waals surface area contributed by atoms with E-state index in [9.17, 15) is 14.7 Å². The molecule has 3 N–H and O–H groups in total. The van der Waals surface area contributed by atoms with Crippen LogP contribution in [0.2, 0.25) is 5.02 Å². The number of carbonyl (C=O) groups excluding carboxylic acids is 2. The van der Waals surface area contributed by atoms with Crippen LogP contribution in [-0.2, 0) is 20.7 Å². The number of aliphatic hydroxyl groups excluding tert-OH is 1. The molecule has 2 saturated heterocycles. The number of hydrogen-bond acceptors (Lipinski definition) is 6. The molecule has 4 rings (SSSR count). The third kappa shape index (κ3) is 7.38. The summed E-state index contributed by atoms with van der Waals surface area (Å²) < 4.78 is 11.9. The van der Waals surface area contributed by atoms with Crippen LogP contribution in [0.5, 0.6) is 0 Å². The van der Waals surface area contributed by atoms with Gasteiger partial charge < -0.3 is 30.1 Å². The monoisotopic (exact) mass is 502 g/mol. The van der Waals surface area contributed by atoms with Gasteiger partial charge in [-0.15, -0.1) is 0 Å². The van der Waals surface area contributed by atoms with Gasteiger partial charge in [0.15, 0.2) is 0 Å². The molecule has 4 atom stereocenters. The van der Waals surface area contributed by atoms with Crippen LogP contribution in [0, 0.1) is 0 Å². The summed E-state index contributed by atoms with van der Waals surface area (Å²) >= 11 is 5.94. The number of carbonyl (C=O) groups is 2. The summed E-state index contributed by atoms with van der Waals surface area (Å²) in [6, 6.07) is 10.1. The van der Waals surface area contributed by atoms with Crippen LogP contribution in [0.15, 0.2) is 48.8 Å². The van der Waals surface area contributed by atoms with Crippen LogP contribution < -0.4 is 10.6 Å². The second-order valence-corrected chi connectivity index (χ2v) is 9.32. The lowest BCUT2D eigenvalue weighted by atomic mass is 9.95. The molecule has 3 heterocycles. The number of aromatic nitrogens is 1. The van der Waals surface area contributed by atoms with Crippen LogP contribution in [-0.4, -0.2) is 77.6 Å². The molecule has 188 valence electrons. The van der Waals surface area contributed by atoms with E-state index in [1.54, 1.807) is 41.6 Å². The number of amides is 3. The van der Waals surface area contributed by atoms with E-state index in [4.69, 9.17) is 21.1 Å². The Morgan fingerprint density at radius 3 is 2.66 bits per heavy atom. The van der Waals surface area contributed by atoms with E-state index in [1.165, 1.54) is 0 Å². The van der Waals surface area contributed by atoms with Gasteiger partial charge >= 0.3 is 6.03 Å². The minimum Gasteiger partial charge on any atom is -0.389 e. The normalized spacial score (nSPS) is 24.6. The maximum Gasteiger partial charge on any atom is 0.322 e. The van der Waals surface area contributed by atoms with Gasteiger partial charge in [-0.25, -0.2) is 4.79 Å². The Kier molecular flexibility index (Phi) is 8.92. The maximum atomic E-state index is 13.1. The molecule has 3 amide bonds. The van der Waals surface area contributed by atoms with Crippen LogP contribution in [0.1, 0.15) is 24.8 Å². The van der Waals surface area contributed by atoms with Crippen LogP contribution in [0.4, 0.5) is 10.5 Å². The molecular weight excluding hydrogens is 472 g/mol. The number of anilines is 1. The lowest BCUT2D eigenvalue weighted by Gasteiger charge is -2.44. The smallest absolute Gasteiger partial charge is 0.322 e. The molecule has 2 aliphatic heterocycles. The molecule has 2 aromatic rings. The van der Waals surface area contributed by atoms with Gasteiger partial charge in [0.25, 0.3) is 0 Å². The Morgan fingerprint density at radius 1 is 1.11 bits per heavy atom. The third-order valence-corrected chi connectivity index (χ3v) is 6.49. The predicted octanol–water partition coefficient (Wildman–Crippen LogP) is 2.63. The first-order valence-corrected chi connectivity index (χ1v) is 12.3. The zero-order valence-electron chi connectivity index (χ0n) is 19.4. The Balaban J connectivity index is 1.32. The summed E-state index contributed by atoms with van der Waals surface area (Å²) in [6.45, 7) is 1.02. The summed E-state index contributed by atoms with van der Waals surface area (Å²) in [5, 5.41) is 16.7. The van der Waals surface area contributed by atoms with Crippen LogP contribution in [0.25, 0.3) is 0 Å². The van der Waals surface area contributed by atoms with Crippen molar-refractivity contribution in [3.05, 3.63) is 59.4 Å². The molecule has 1 aromatic heterocycles. The first-order valence-electron chi connectivity index (χ1n) is 11.9. The van der Waals surface area contributed by atoms with E-state index in [0.29, 0.717) is 30.1 Å². The van der Waals surface area contributed by atoms with Crippen molar-refractivity contribution in [1.29, 1.82) is 0 Å². The van der Waals surface area contributed by atoms with E-state index in [-0.39, 0.29) is 56.4 Å². The molecule has 10 heteroatoms. The zero-order valence-corrected chi connectivity index (χ0v) is 20.2. The predicted molar refractivity (Wildman–Crippen MR) is 131 cm³/mol. The van der Waals surface area contributed by atoms with Gasteiger partial charge in [0.05, 0.1) is 44.4 Å². The molecule has 2 fully saturated rings. The summed E-state index contributed by atoms with van der Waals surface area (Å²) in [4.78, 5) is 31.2. The molecule has 2 aliphatic rings. The number of benzene rings is 1. The van der Waals surface area contributed by atoms with Gasteiger partial charge in [0.1, 0.15) is 6.10 Å². The van der Waals surface area contributed by atoms with E-state index in [1.807, 2.05) is 12.1 Å². The number of hydrogen-bond donors (Lipinski definition) is 3. The van der Waals surface area contributed by atoms with Gasteiger partial charge in [0, 0.05) is 29.6 Å². The number of rotatable bonds is 6. The highest BCUT2D eigenvalue weighted by atomic mass is 35.5. The SMILES string of the molecule is O=C(C[C@@H]1CC[C@H]2[C@@H](COC[C@H](O)CN2C(=O)Nc2ccc(Cl)cc2)O1)NCCc1ccncc1. The molecular formula is C25H31ClN4O5. The summed E-state index contributed by atoms with van der Waals surface area (Å²) in [5.41, 5.74) is 1.73. The number of pyridine rings is 1. The molecule has 0 aliphatic carbocycles. The van der Waals surface area contributed by atoms with Gasteiger partial charge in [-0.1, -0.05) is 11.6 Å². The van der Waals surface area contributed by atoms with Crippen molar-refractivity contribution in [3.63, 3.8) is 0 Å². The first kappa shape index (κ1) is 25.4. The average Bonchev–Trinajstić information content (AvgIpc) is 2.84. The lowest BCUT2D eigenvalue weighted by molar-refractivity contribution is -0.149. The molecule has 0 saturated carbocycles. The van der Waals surface area contributed by atoms with Crippen LogP contribution in [0.3, 0.4) is 0 Å². The number of β-amino-alcohol motifs (C(OH)–C–C–N with tert-alkyl or cyclic N) is 1. The van der Waals surface area contributed by atoms with Gasteiger partial charge in [-0.05, 0) is 61.2 Å². The van der Waals surface area contributed by atoms with Crippen molar-refractivity contribution in [3.8, 4) is 0 Å². The minimum absolute atomic E-state index is 0.0676. The van der Waals surface area contributed by atoms with Crippen molar-refractivity contribution in [2.24, 2.45) is 0 Å². The number of urea groups is 1. The van der Waals surface area contributed by atoms with E-state index >= 15 is 0 Å². The van der Waals surface area contributed by atoms with Gasteiger partial charge in [-0.3, -0.25) is 9.78 Å². The Labute approximate surface area is 209 Å². The van der Waals surface area contributed by atoms with E-state index in [0.717, 1.165) is 12.0 Å². The van der Waals surface area contributed by atoms with Crippen molar-refractivity contribution in [1.82, 2.24) is 15.2 Å². The molecule has 0 radical (unpaired) electrons. The maximum absolute atomic E-state index is 13.1. The number of ether oxygens (including phenoxy) is 2. The lowest BCUT2D eigenvalue weighted by Crippen LogP contribution is -2.58. The molecule has 0 unspecified atom stereocenters. The largest absolute Gasteiger partial charge is 0.389 e. The third-order valence-electron chi connectivity index (χ3n) is 6.24. The first-order chi connectivity index (χ1) is 17.0. The number of halogens is 1.